The molecule has 0 aliphatic rings. The van der Waals surface area contributed by atoms with Gasteiger partial charge in [-0.25, -0.2) is 0 Å². The Kier molecular flexibility index (Phi) is 1.84. The maximum Gasteiger partial charge on any atom is 0.177 e. The first-order chi connectivity index (χ1) is 6.22. The highest BCUT2D eigenvalue weighted by atomic mass is 32.1. The van der Waals surface area contributed by atoms with Gasteiger partial charge < -0.3 is 10.5 Å². The van der Waals surface area contributed by atoms with E-state index in [4.69, 9.17) is 10.5 Å². The lowest BCUT2D eigenvalue weighted by molar-refractivity contribution is 0.420. The molecule has 0 saturated carbocycles. The minimum absolute atomic E-state index is 0.244. The molecule has 1 heterocycles. The number of thiophene rings is 1. The van der Waals surface area contributed by atoms with Crippen LogP contribution in [-0.4, -0.2) is 7.11 Å². The molecule has 2 nitrogen and oxygen atoms in total. The Morgan fingerprint density at radius 3 is 2.92 bits per heavy atom. The number of nitrogen functional groups attached to an aromatic ring is 1. The number of fused-ring (bicyclic) bond motifs is 1. The van der Waals surface area contributed by atoms with Gasteiger partial charge in [0.1, 0.15) is 5.75 Å². The fraction of sp³-hybridized carbons (Fsp3) is 0.111. The van der Waals surface area contributed by atoms with Crippen molar-refractivity contribution in [3.8, 4) is 5.75 Å². The van der Waals surface area contributed by atoms with Crippen LogP contribution in [-0.2, 0) is 0 Å². The molecule has 4 heteroatoms. The van der Waals surface area contributed by atoms with Crippen molar-refractivity contribution in [2.45, 2.75) is 0 Å². The van der Waals surface area contributed by atoms with Gasteiger partial charge in [-0.05, 0) is 18.2 Å². The lowest BCUT2D eigenvalue weighted by atomic mass is 10.2. The van der Waals surface area contributed by atoms with E-state index in [1.54, 1.807) is 19.2 Å². The minimum Gasteiger partial charge on any atom is -0.496 e. The molecule has 2 rings (SSSR count). The number of hydrogen-bond acceptors (Lipinski definition) is 3. The van der Waals surface area contributed by atoms with Crippen LogP contribution in [0.5, 0.6) is 5.75 Å². The third-order valence-corrected chi connectivity index (χ3v) is 2.84. The van der Waals surface area contributed by atoms with Crippen LogP contribution in [0.2, 0.25) is 0 Å². The third-order valence-electron chi connectivity index (χ3n) is 1.86. The summed E-state index contributed by atoms with van der Waals surface area (Å²) in [7, 11) is 1.56. The van der Waals surface area contributed by atoms with Crippen molar-refractivity contribution in [1.29, 1.82) is 0 Å². The first-order valence-corrected chi connectivity index (χ1v) is 4.55. The zero-order chi connectivity index (χ0) is 9.42. The van der Waals surface area contributed by atoms with Crippen LogP contribution in [0.15, 0.2) is 18.2 Å². The SMILES string of the molecule is COc1ccc(N)c2sc(F)cc12. The molecule has 0 amide bonds. The third kappa shape index (κ3) is 1.23. The monoisotopic (exact) mass is 197 g/mol. The van der Waals surface area contributed by atoms with Gasteiger partial charge in [0.05, 0.1) is 11.8 Å². The van der Waals surface area contributed by atoms with Crippen LogP contribution in [0, 0.1) is 5.13 Å². The van der Waals surface area contributed by atoms with Crippen LogP contribution in [0.4, 0.5) is 10.1 Å². The van der Waals surface area contributed by atoms with E-state index in [0.717, 1.165) is 21.4 Å². The van der Waals surface area contributed by atoms with Gasteiger partial charge in [0, 0.05) is 11.1 Å². The number of hydrogen-bond donors (Lipinski definition) is 1. The quantitative estimate of drug-likeness (QED) is 0.713. The Balaban J connectivity index is 2.83. The van der Waals surface area contributed by atoms with Crippen molar-refractivity contribution >= 4 is 27.1 Å². The Bertz CT molecular complexity index is 452. The van der Waals surface area contributed by atoms with Gasteiger partial charge in [-0.1, -0.05) is 0 Å². The summed E-state index contributed by atoms with van der Waals surface area (Å²) in [4.78, 5) is 0. The summed E-state index contributed by atoms with van der Waals surface area (Å²) in [5.41, 5.74) is 6.27. The molecule has 0 bridgehead atoms. The van der Waals surface area contributed by atoms with E-state index in [0.29, 0.717) is 11.4 Å². The number of methoxy groups -OCH3 is 1. The predicted octanol–water partition coefficient (Wildman–Crippen LogP) is 2.63. The van der Waals surface area contributed by atoms with E-state index in [-0.39, 0.29) is 5.13 Å². The molecule has 0 saturated heterocycles. The van der Waals surface area contributed by atoms with Gasteiger partial charge in [-0.2, -0.15) is 4.39 Å². The minimum atomic E-state index is -0.244. The molecule has 0 fully saturated rings. The normalized spacial score (nSPS) is 10.6. The number of ether oxygens (including phenoxy) is 1. The standard InChI is InChI=1S/C9H8FNOS/c1-12-7-3-2-6(11)9-5(7)4-8(10)13-9/h2-4H,11H2,1H3. The summed E-state index contributed by atoms with van der Waals surface area (Å²) in [6.07, 6.45) is 0. The van der Waals surface area contributed by atoms with Crippen molar-refractivity contribution in [3.05, 3.63) is 23.3 Å². The molecule has 0 aliphatic carbocycles. The number of anilines is 1. The van der Waals surface area contributed by atoms with Gasteiger partial charge in [0.15, 0.2) is 5.13 Å². The molecule has 2 aromatic rings. The first kappa shape index (κ1) is 8.31. The van der Waals surface area contributed by atoms with E-state index in [2.05, 4.69) is 0 Å². The second-order valence-electron chi connectivity index (χ2n) is 2.65. The van der Waals surface area contributed by atoms with Gasteiger partial charge in [-0.3, -0.25) is 0 Å². The Morgan fingerprint density at radius 1 is 1.46 bits per heavy atom. The molecule has 0 aliphatic heterocycles. The van der Waals surface area contributed by atoms with Crippen LogP contribution in [0.25, 0.3) is 10.1 Å². The average Bonchev–Trinajstić information content (AvgIpc) is 2.48. The predicted molar refractivity (Wildman–Crippen MR) is 52.7 cm³/mol. The van der Waals surface area contributed by atoms with Gasteiger partial charge in [0.25, 0.3) is 0 Å². The van der Waals surface area contributed by atoms with E-state index in [1.165, 1.54) is 6.07 Å². The molecule has 0 spiro atoms. The van der Waals surface area contributed by atoms with Crippen LogP contribution in [0.1, 0.15) is 0 Å². The molecule has 0 atom stereocenters. The number of halogens is 1. The van der Waals surface area contributed by atoms with Crippen molar-refractivity contribution in [1.82, 2.24) is 0 Å². The van der Waals surface area contributed by atoms with E-state index in [1.807, 2.05) is 0 Å². The van der Waals surface area contributed by atoms with Crippen molar-refractivity contribution in [2.75, 3.05) is 12.8 Å². The fourth-order valence-corrected chi connectivity index (χ4v) is 2.09. The summed E-state index contributed by atoms with van der Waals surface area (Å²) in [5, 5.41) is 0.496. The Labute approximate surface area is 78.7 Å². The Hall–Kier alpha value is -1.29. The molecule has 0 radical (unpaired) electrons. The zero-order valence-corrected chi connectivity index (χ0v) is 7.82. The molecule has 1 aromatic carbocycles. The summed E-state index contributed by atoms with van der Waals surface area (Å²) < 4.78 is 18.8. The van der Waals surface area contributed by atoms with Gasteiger partial charge in [-0.15, -0.1) is 11.3 Å². The second kappa shape index (κ2) is 2.88. The average molecular weight is 197 g/mol. The lowest BCUT2D eigenvalue weighted by Crippen LogP contribution is -1.87. The highest BCUT2D eigenvalue weighted by Crippen LogP contribution is 2.35. The summed E-state index contributed by atoms with van der Waals surface area (Å²) >= 11 is 1.04. The molecule has 13 heavy (non-hydrogen) atoms. The number of rotatable bonds is 1. The number of benzene rings is 1. The van der Waals surface area contributed by atoms with Crippen molar-refractivity contribution < 1.29 is 9.13 Å². The summed E-state index contributed by atoms with van der Waals surface area (Å²) in [6.45, 7) is 0. The van der Waals surface area contributed by atoms with Crippen LogP contribution in [0.3, 0.4) is 0 Å². The zero-order valence-electron chi connectivity index (χ0n) is 7.00. The molecule has 2 N–H and O–H groups in total. The number of nitrogens with two attached hydrogens (primary N) is 1. The molecular weight excluding hydrogens is 189 g/mol. The van der Waals surface area contributed by atoms with E-state index < -0.39 is 0 Å². The largest absolute Gasteiger partial charge is 0.496 e. The van der Waals surface area contributed by atoms with E-state index >= 15 is 0 Å². The smallest absolute Gasteiger partial charge is 0.177 e. The maximum absolute atomic E-state index is 12.9. The highest BCUT2D eigenvalue weighted by Gasteiger charge is 2.08. The summed E-state index contributed by atoms with van der Waals surface area (Å²) in [6, 6.07) is 4.90. The van der Waals surface area contributed by atoms with Crippen LogP contribution >= 0.6 is 11.3 Å². The van der Waals surface area contributed by atoms with Crippen LogP contribution < -0.4 is 10.5 Å². The topological polar surface area (TPSA) is 35.2 Å². The molecular formula is C9H8FNOS. The van der Waals surface area contributed by atoms with Gasteiger partial charge >= 0.3 is 0 Å². The first-order valence-electron chi connectivity index (χ1n) is 3.74. The van der Waals surface area contributed by atoms with Crippen molar-refractivity contribution in [2.24, 2.45) is 0 Å². The second-order valence-corrected chi connectivity index (χ2v) is 3.65. The highest BCUT2D eigenvalue weighted by molar-refractivity contribution is 7.18. The summed E-state index contributed by atoms with van der Waals surface area (Å²) in [5.74, 6) is 0.657. The Morgan fingerprint density at radius 2 is 2.23 bits per heavy atom. The maximum atomic E-state index is 12.9. The lowest BCUT2D eigenvalue weighted by Gasteiger charge is -2.02. The molecule has 68 valence electrons. The fourth-order valence-electron chi connectivity index (χ4n) is 1.27. The van der Waals surface area contributed by atoms with Crippen molar-refractivity contribution in [3.63, 3.8) is 0 Å². The molecule has 1 aromatic heterocycles. The molecule has 0 unspecified atom stereocenters. The van der Waals surface area contributed by atoms with Gasteiger partial charge in [0.2, 0.25) is 0 Å². The van der Waals surface area contributed by atoms with E-state index in [9.17, 15) is 4.39 Å².